The van der Waals surface area contributed by atoms with Crippen molar-refractivity contribution in [2.75, 3.05) is 13.2 Å². The minimum Gasteiger partial charge on any atom is -0.378 e. The van der Waals surface area contributed by atoms with Gasteiger partial charge in [0.2, 0.25) is 0 Å². The van der Waals surface area contributed by atoms with Gasteiger partial charge >= 0.3 is 0 Å². The van der Waals surface area contributed by atoms with E-state index in [9.17, 15) is 4.39 Å². The third kappa shape index (κ3) is 3.21. The van der Waals surface area contributed by atoms with Crippen LogP contribution in [-0.4, -0.2) is 19.3 Å². The zero-order valence-electron chi connectivity index (χ0n) is 13.0. The van der Waals surface area contributed by atoms with Crippen molar-refractivity contribution in [2.24, 2.45) is 5.92 Å². The molecule has 3 unspecified atom stereocenters. The van der Waals surface area contributed by atoms with Crippen LogP contribution in [0.2, 0.25) is 0 Å². The van der Waals surface area contributed by atoms with Crippen LogP contribution in [0.1, 0.15) is 49.4 Å². The predicted molar refractivity (Wildman–Crippen MR) is 80.4 cm³/mol. The molecule has 0 bridgehead atoms. The Hall–Kier alpha value is -0.930. The molecule has 3 atom stereocenters. The molecule has 0 saturated carbocycles. The van der Waals surface area contributed by atoms with Crippen molar-refractivity contribution in [1.29, 1.82) is 0 Å². The van der Waals surface area contributed by atoms with Crippen LogP contribution in [0.25, 0.3) is 0 Å². The van der Waals surface area contributed by atoms with E-state index in [-0.39, 0.29) is 18.0 Å². The van der Waals surface area contributed by atoms with Gasteiger partial charge in [-0.2, -0.15) is 0 Å². The van der Waals surface area contributed by atoms with Gasteiger partial charge in [0.15, 0.2) is 0 Å². The topological polar surface area (TPSA) is 21.3 Å². The number of hydrogen-bond donors (Lipinski definition) is 1. The van der Waals surface area contributed by atoms with Gasteiger partial charge in [-0.15, -0.1) is 0 Å². The van der Waals surface area contributed by atoms with Crippen molar-refractivity contribution in [2.45, 2.75) is 52.7 Å². The van der Waals surface area contributed by atoms with Gasteiger partial charge in [-0.05, 0) is 57.4 Å². The summed E-state index contributed by atoms with van der Waals surface area (Å²) in [5.41, 5.74) is 2.84. The van der Waals surface area contributed by atoms with Crippen LogP contribution in [0.15, 0.2) is 12.1 Å². The van der Waals surface area contributed by atoms with Crippen molar-refractivity contribution in [3.8, 4) is 0 Å². The molecule has 0 spiro atoms. The molecule has 1 aromatic rings. The van der Waals surface area contributed by atoms with Gasteiger partial charge in [0, 0.05) is 24.1 Å². The third-order valence-corrected chi connectivity index (χ3v) is 4.27. The predicted octanol–water partition coefficient (Wildman–Crippen LogP) is 3.91. The maximum Gasteiger partial charge on any atom is 0.128 e. The second-order valence-corrected chi connectivity index (χ2v) is 5.94. The van der Waals surface area contributed by atoms with Crippen LogP contribution in [0.4, 0.5) is 4.39 Å². The lowest BCUT2D eigenvalue weighted by molar-refractivity contribution is 0.0949. The Morgan fingerprint density at radius 1 is 1.40 bits per heavy atom. The number of nitrogens with one attached hydrogen (secondary N) is 1. The Morgan fingerprint density at radius 2 is 2.15 bits per heavy atom. The summed E-state index contributed by atoms with van der Waals surface area (Å²) in [6.07, 6.45) is 2.23. The van der Waals surface area contributed by atoms with E-state index in [1.54, 1.807) is 6.07 Å². The Morgan fingerprint density at radius 3 is 2.70 bits per heavy atom. The zero-order valence-corrected chi connectivity index (χ0v) is 13.0. The number of hydrogen-bond acceptors (Lipinski definition) is 2. The van der Waals surface area contributed by atoms with E-state index in [0.29, 0.717) is 5.92 Å². The van der Waals surface area contributed by atoms with E-state index in [2.05, 4.69) is 25.2 Å². The van der Waals surface area contributed by atoms with Gasteiger partial charge < -0.3 is 10.1 Å². The van der Waals surface area contributed by atoms with Crippen molar-refractivity contribution < 1.29 is 9.13 Å². The lowest BCUT2D eigenvalue weighted by Crippen LogP contribution is -2.33. The molecule has 1 aliphatic rings. The third-order valence-electron chi connectivity index (χ3n) is 4.27. The molecular formula is C17H26FNO. The van der Waals surface area contributed by atoms with Gasteiger partial charge in [0.05, 0.1) is 6.10 Å². The number of ether oxygens (including phenoxy) is 1. The van der Waals surface area contributed by atoms with Gasteiger partial charge in [0.1, 0.15) is 5.82 Å². The molecule has 0 aromatic heterocycles. The lowest BCUT2D eigenvalue weighted by atomic mass is 9.85. The average Bonchev–Trinajstić information content (AvgIpc) is 2.78. The lowest BCUT2D eigenvalue weighted by Gasteiger charge is -2.29. The zero-order chi connectivity index (χ0) is 14.7. The fourth-order valence-corrected chi connectivity index (χ4v) is 3.27. The standard InChI is InChI=1S/C17H26FNO/c1-5-7-19-17(14-6-8-20-13(14)4)16-12(3)9-11(2)10-15(16)18/h9-10,13-14,17,19H,5-8H2,1-4H3. The molecule has 1 fully saturated rings. The highest BCUT2D eigenvalue weighted by Gasteiger charge is 2.34. The molecule has 1 aliphatic heterocycles. The van der Waals surface area contributed by atoms with Crippen molar-refractivity contribution in [3.05, 3.63) is 34.6 Å². The van der Waals surface area contributed by atoms with Crippen LogP contribution < -0.4 is 5.32 Å². The van der Waals surface area contributed by atoms with Gasteiger partial charge in [-0.3, -0.25) is 0 Å². The molecule has 0 amide bonds. The smallest absolute Gasteiger partial charge is 0.128 e. The molecule has 20 heavy (non-hydrogen) atoms. The molecule has 0 radical (unpaired) electrons. The van der Waals surface area contributed by atoms with Crippen LogP contribution in [-0.2, 0) is 4.74 Å². The highest BCUT2D eigenvalue weighted by molar-refractivity contribution is 5.35. The summed E-state index contributed by atoms with van der Waals surface area (Å²) in [6.45, 7) is 9.86. The first kappa shape index (κ1) is 15.5. The molecule has 2 nitrogen and oxygen atoms in total. The Kier molecular flexibility index (Phi) is 5.17. The highest BCUT2D eigenvalue weighted by atomic mass is 19.1. The van der Waals surface area contributed by atoms with Crippen LogP contribution in [0, 0.1) is 25.6 Å². The molecule has 1 saturated heterocycles. The number of halogens is 1. The Labute approximate surface area is 121 Å². The Bertz CT molecular complexity index is 437. The van der Waals surface area contributed by atoms with Gasteiger partial charge in [0.25, 0.3) is 0 Å². The van der Waals surface area contributed by atoms with E-state index in [1.165, 1.54) is 0 Å². The van der Waals surface area contributed by atoms with Gasteiger partial charge in [-0.25, -0.2) is 4.39 Å². The highest BCUT2D eigenvalue weighted by Crippen LogP contribution is 2.36. The summed E-state index contributed by atoms with van der Waals surface area (Å²) in [5, 5.41) is 3.54. The van der Waals surface area contributed by atoms with E-state index in [1.807, 2.05) is 13.8 Å². The first-order chi connectivity index (χ1) is 9.54. The summed E-state index contributed by atoms with van der Waals surface area (Å²) in [7, 11) is 0. The normalized spacial score (nSPS) is 24.1. The molecule has 3 heteroatoms. The first-order valence-electron chi connectivity index (χ1n) is 7.66. The number of aryl methyl sites for hydroxylation is 2. The maximum atomic E-state index is 14.5. The summed E-state index contributed by atoms with van der Waals surface area (Å²) in [6, 6.07) is 3.76. The molecular weight excluding hydrogens is 253 g/mol. The maximum absolute atomic E-state index is 14.5. The minimum atomic E-state index is -0.0878. The molecule has 1 heterocycles. The number of rotatable bonds is 5. The van der Waals surface area contributed by atoms with Crippen LogP contribution >= 0.6 is 0 Å². The van der Waals surface area contributed by atoms with Crippen molar-refractivity contribution >= 4 is 0 Å². The molecule has 1 N–H and O–H groups in total. The van der Waals surface area contributed by atoms with E-state index in [0.717, 1.165) is 42.7 Å². The first-order valence-corrected chi connectivity index (χ1v) is 7.66. The molecule has 112 valence electrons. The largest absolute Gasteiger partial charge is 0.378 e. The Balaban J connectivity index is 2.35. The number of benzene rings is 1. The second kappa shape index (κ2) is 6.68. The van der Waals surface area contributed by atoms with Crippen LogP contribution in [0.3, 0.4) is 0 Å². The molecule has 0 aliphatic carbocycles. The average molecular weight is 279 g/mol. The van der Waals surface area contributed by atoms with E-state index >= 15 is 0 Å². The molecule has 2 rings (SSSR count). The fourth-order valence-electron chi connectivity index (χ4n) is 3.27. The van der Waals surface area contributed by atoms with Crippen molar-refractivity contribution in [1.82, 2.24) is 5.32 Å². The molecule has 1 aromatic carbocycles. The van der Waals surface area contributed by atoms with Crippen LogP contribution in [0.5, 0.6) is 0 Å². The second-order valence-electron chi connectivity index (χ2n) is 5.94. The minimum absolute atomic E-state index is 0.0491. The van der Waals surface area contributed by atoms with Gasteiger partial charge in [-0.1, -0.05) is 13.0 Å². The van der Waals surface area contributed by atoms with E-state index < -0.39 is 0 Å². The summed E-state index contributed by atoms with van der Waals surface area (Å²) in [5.74, 6) is 0.257. The summed E-state index contributed by atoms with van der Waals surface area (Å²) >= 11 is 0. The summed E-state index contributed by atoms with van der Waals surface area (Å²) in [4.78, 5) is 0. The monoisotopic (exact) mass is 279 g/mol. The quantitative estimate of drug-likeness (QED) is 0.882. The summed E-state index contributed by atoms with van der Waals surface area (Å²) < 4.78 is 20.2. The SMILES string of the molecule is CCCNC(c1c(C)cc(C)cc1F)C1CCOC1C. The van der Waals surface area contributed by atoms with E-state index in [4.69, 9.17) is 4.74 Å². The fraction of sp³-hybridized carbons (Fsp3) is 0.647. The van der Waals surface area contributed by atoms with Crippen molar-refractivity contribution in [3.63, 3.8) is 0 Å².